The highest BCUT2D eigenvalue weighted by molar-refractivity contribution is 4.94. The largest absolute Gasteiger partial charge is 0.383 e. The van der Waals surface area contributed by atoms with Crippen LogP contribution in [-0.4, -0.2) is 64.5 Å². The van der Waals surface area contributed by atoms with Crippen LogP contribution in [0.1, 0.15) is 69.8 Å². The lowest BCUT2D eigenvalue weighted by atomic mass is 9.95. The second-order valence-electron chi connectivity index (χ2n) is 7.27. The van der Waals surface area contributed by atoms with E-state index in [1.807, 2.05) is 0 Å². The van der Waals surface area contributed by atoms with Gasteiger partial charge in [-0.1, -0.05) is 19.3 Å². The first-order valence-corrected chi connectivity index (χ1v) is 9.53. The second kappa shape index (κ2) is 8.87. The van der Waals surface area contributed by atoms with Gasteiger partial charge in [-0.05, 0) is 56.1 Å². The lowest BCUT2D eigenvalue weighted by Gasteiger charge is -2.33. The third-order valence-electron chi connectivity index (χ3n) is 5.51. The van der Waals surface area contributed by atoms with Crippen LogP contribution in [0.25, 0.3) is 0 Å². The number of likely N-dealkylation sites (tertiary alicyclic amines) is 1. The number of tetrazole rings is 1. The Bertz CT molecular complexity index is 479. The SMILES string of the molecule is COCCN1CCC(NC(C)c2nnnn2C2CCCCC2)CC1. The monoisotopic (exact) mass is 336 g/mol. The van der Waals surface area contributed by atoms with Crippen LogP contribution >= 0.6 is 0 Å². The van der Waals surface area contributed by atoms with E-state index in [0.29, 0.717) is 12.1 Å². The Morgan fingerprint density at radius 1 is 1.17 bits per heavy atom. The minimum Gasteiger partial charge on any atom is -0.383 e. The van der Waals surface area contributed by atoms with Crippen LogP contribution in [0.4, 0.5) is 0 Å². The fourth-order valence-corrected chi connectivity index (χ4v) is 4.04. The van der Waals surface area contributed by atoms with E-state index in [9.17, 15) is 0 Å². The van der Waals surface area contributed by atoms with E-state index in [1.54, 1.807) is 7.11 Å². The summed E-state index contributed by atoms with van der Waals surface area (Å²) in [6.45, 7) is 6.34. The summed E-state index contributed by atoms with van der Waals surface area (Å²) in [5.74, 6) is 1.00. The molecular formula is C17H32N6O. The van der Waals surface area contributed by atoms with Crippen molar-refractivity contribution in [2.75, 3.05) is 33.4 Å². The van der Waals surface area contributed by atoms with Gasteiger partial charge in [-0.25, -0.2) is 4.68 Å². The van der Waals surface area contributed by atoms with Crippen molar-refractivity contribution in [2.45, 2.75) is 70.0 Å². The van der Waals surface area contributed by atoms with Gasteiger partial charge < -0.3 is 15.0 Å². The van der Waals surface area contributed by atoms with Gasteiger partial charge in [0, 0.05) is 19.7 Å². The molecule has 1 aliphatic carbocycles. The van der Waals surface area contributed by atoms with Crippen LogP contribution in [0.5, 0.6) is 0 Å². The Morgan fingerprint density at radius 3 is 2.62 bits per heavy atom. The predicted molar refractivity (Wildman–Crippen MR) is 92.8 cm³/mol. The maximum atomic E-state index is 5.17. The number of aromatic nitrogens is 4. The van der Waals surface area contributed by atoms with Gasteiger partial charge in [-0.2, -0.15) is 0 Å². The molecule has 2 heterocycles. The summed E-state index contributed by atoms with van der Waals surface area (Å²) in [5, 5.41) is 16.3. The van der Waals surface area contributed by atoms with E-state index >= 15 is 0 Å². The van der Waals surface area contributed by atoms with E-state index in [2.05, 4.69) is 37.3 Å². The molecule has 2 fully saturated rings. The van der Waals surface area contributed by atoms with Crippen molar-refractivity contribution >= 4 is 0 Å². The molecule has 7 heteroatoms. The number of ether oxygens (including phenoxy) is 1. The molecule has 1 aromatic heterocycles. The average molecular weight is 336 g/mol. The Morgan fingerprint density at radius 2 is 1.92 bits per heavy atom. The van der Waals surface area contributed by atoms with Gasteiger partial charge in [0.25, 0.3) is 0 Å². The third-order valence-corrected chi connectivity index (χ3v) is 5.51. The van der Waals surface area contributed by atoms with Crippen molar-refractivity contribution < 1.29 is 4.74 Å². The molecule has 1 saturated carbocycles. The molecule has 1 atom stereocenters. The highest BCUT2D eigenvalue weighted by Crippen LogP contribution is 2.29. The van der Waals surface area contributed by atoms with Crippen molar-refractivity contribution in [2.24, 2.45) is 0 Å². The first-order chi connectivity index (χ1) is 11.8. The van der Waals surface area contributed by atoms with Crippen LogP contribution in [0.15, 0.2) is 0 Å². The molecule has 2 aliphatic rings. The van der Waals surface area contributed by atoms with E-state index in [1.165, 1.54) is 44.9 Å². The zero-order valence-electron chi connectivity index (χ0n) is 15.2. The average Bonchev–Trinajstić information content (AvgIpc) is 3.12. The minimum absolute atomic E-state index is 0.206. The lowest BCUT2D eigenvalue weighted by Crippen LogP contribution is -2.44. The Kier molecular flexibility index (Phi) is 6.57. The van der Waals surface area contributed by atoms with E-state index in [0.717, 1.165) is 32.1 Å². The number of rotatable bonds is 7. The molecule has 0 bridgehead atoms. The zero-order valence-corrected chi connectivity index (χ0v) is 15.2. The zero-order chi connectivity index (χ0) is 16.8. The van der Waals surface area contributed by atoms with Crippen LogP contribution in [0, 0.1) is 0 Å². The number of nitrogens with zero attached hydrogens (tertiary/aromatic N) is 5. The van der Waals surface area contributed by atoms with E-state index in [4.69, 9.17) is 4.74 Å². The van der Waals surface area contributed by atoms with Gasteiger partial charge >= 0.3 is 0 Å². The molecule has 0 spiro atoms. The van der Waals surface area contributed by atoms with Crippen LogP contribution in [0.3, 0.4) is 0 Å². The van der Waals surface area contributed by atoms with Crippen LogP contribution in [-0.2, 0) is 4.74 Å². The molecule has 136 valence electrons. The quantitative estimate of drug-likeness (QED) is 0.821. The van der Waals surface area contributed by atoms with Crippen LogP contribution < -0.4 is 5.32 Å². The number of methoxy groups -OCH3 is 1. The van der Waals surface area contributed by atoms with Gasteiger partial charge in [-0.3, -0.25) is 0 Å². The fourth-order valence-electron chi connectivity index (χ4n) is 4.04. The highest BCUT2D eigenvalue weighted by Gasteiger charge is 2.26. The molecule has 1 unspecified atom stereocenters. The summed E-state index contributed by atoms with van der Waals surface area (Å²) >= 11 is 0. The standard InChI is InChI=1S/C17H32N6O/c1-14(18-15-8-10-22(11-9-15)12-13-24-2)17-19-20-21-23(17)16-6-4-3-5-7-16/h14-16,18H,3-13H2,1-2H3. The maximum absolute atomic E-state index is 5.17. The molecule has 24 heavy (non-hydrogen) atoms. The van der Waals surface area contributed by atoms with E-state index in [-0.39, 0.29) is 6.04 Å². The summed E-state index contributed by atoms with van der Waals surface area (Å²) in [4.78, 5) is 2.48. The van der Waals surface area contributed by atoms with Crippen molar-refractivity contribution in [1.29, 1.82) is 0 Å². The van der Waals surface area contributed by atoms with Gasteiger partial charge in [-0.15, -0.1) is 5.10 Å². The molecule has 1 aromatic rings. The summed E-state index contributed by atoms with van der Waals surface area (Å²) in [6, 6.07) is 1.25. The molecule has 0 amide bonds. The van der Waals surface area contributed by atoms with Gasteiger partial charge in [0.15, 0.2) is 5.82 Å². The summed E-state index contributed by atoms with van der Waals surface area (Å²) in [5.41, 5.74) is 0. The Labute approximate surface area is 145 Å². The summed E-state index contributed by atoms with van der Waals surface area (Å²) in [7, 11) is 1.77. The maximum Gasteiger partial charge on any atom is 0.168 e. The van der Waals surface area contributed by atoms with Crippen molar-refractivity contribution in [3.63, 3.8) is 0 Å². The first-order valence-electron chi connectivity index (χ1n) is 9.53. The number of piperidine rings is 1. The topological polar surface area (TPSA) is 68.1 Å². The minimum atomic E-state index is 0.206. The normalized spacial score (nSPS) is 22.8. The molecule has 3 rings (SSSR count). The van der Waals surface area contributed by atoms with Gasteiger partial charge in [0.1, 0.15) is 0 Å². The highest BCUT2D eigenvalue weighted by atomic mass is 16.5. The Hall–Kier alpha value is -1.05. The molecule has 0 radical (unpaired) electrons. The Balaban J connectivity index is 1.51. The second-order valence-corrected chi connectivity index (χ2v) is 7.27. The lowest BCUT2D eigenvalue weighted by molar-refractivity contribution is 0.124. The van der Waals surface area contributed by atoms with Gasteiger partial charge in [0.05, 0.1) is 18.7 Å². The van der Waals surface area contributed by atoms with Crippen molar-refractivity contribution in [3.8, 4) is 0 Å². The molecule has 1 saturated heterocycles. The molecule has 7 nitrogen and oxygen atoms in total. The smallest absolute Gasteiger partial charge is 0.168 e. The predicted octanol–water partition coefficient (Wildman–Crippen LogP) is 1.94. The molecule has 0 aromatic carbocycles. The van der Waals surface area contributed by atoms with Crippen molar-refractivity contribution in [3.05, 3.63) is 5.82 Å². The third kappa shape index (κ3) is 4.52. The first kappa shape index (κ1) is 17.8. The van der Waals surface area contributed by atoms with Crippen LogP contribution in [0.2, 0.25) is 0 Å². The molecule has 1 N–H and O–H groups in total. The molecule has 1 aliphatic heterocycles. The van der Waals surface area contributed by atoms with Gasteiger partial charge in [0.2, 0.25) is 0 Å². The number of hydrogen-bond donors (Lipinski definition) is 1. The number of hydrogen-bond acceptors (Lipinski definition) is 6. The summed E-state index contributed by atoms with van der Waals surface area (Å²) in [6.07, 6.45) is 8.73. The summed E-state index contributed by atoms with van der Waals surface area (Å²) < 4.78 is 7.26. The number of nitrogens with one attached hydrogen (secondary N) is 1. The molecular weight excluding hydrogens is 304 g/mol. The van der Waals surface area contributed by atoms with Crippen molar-refractivity contribution in [1.82, 2.24) is 30.4 Å². The fraction of sp³-hybridized carbons (Fsp3) is 0.941. The van der Waals surface area contributed by atoms with E-state index < -0.39 is 0 Å².